The Hall–Kier alpha value is -2.40. The lowest BCUT2D eigenvalue weighted by molar-refractivity contribution is -0.376. The maximum absolute atomic E-state index is 14.9. The fourth-order valence-electron chi connectivity index (χ4n) is 10.1. The molecule has 2 saturated carbocycles. The Bertz CT molecular complexity index is 1330. The molecule has 0 aromatic heterocycles. The van der Waals surface area contributed by atoms with Gasteiger partial charge in [0, 0.05) is 5.92 Å². The van der Waals surface area contributed by atoms with Crippen LogP contribution in [0.25, 0.3) is 0 Å². The van der Waals surface area contributed by atoms with Crippen LogP contribution in [0.3, 0.4) is 0 Å². The second kappa shape index (κ2) is 6.32. The monoisotopic (exact) mass is 526 g/mol. The molecule has 5 saturated heterocycles. The second-order valence-corrected chi connectivity index (χ2v) is 13.2. The number of ketones is 2. The number of carbonyl (C=O) groups is 4. The van der Waals surface area contributed by atoms with E-state index in [0.29, 0.717) is 5.57 Å². The molecule has 10 heteroatoms. The number of Topliss-reactive ketones (excluding diaryl/α,β-unsaturated/α-hetero) is 1. The van der Waals surface area contributed by atoms with Crippen LogP contribution in [-0.2, 0) is 38.1 Å². The van der Waals surface area contributed by atoms with Crippen molar-refractivity contribution >= 4 is 23.5 Å². The van der Waals surface area contributed by atoms with Crippen molar-refractivity contribution in [1.29, 1.82) is 0 Å². The van der Waals surface area contributed by atoms with Crippen molar-refractivity contribution in [3.8, 4) is 0 Å². The van der Waals surface area contributed by atoms with Crippen LogP contribution >= 0.6 is 0 Å². The summed E-state index contributed by atoms with van der Waals surface area (Å²) in [7, 11) is 0. The fourth-order valence-corrected chi connectivity index (χ4v) is 10.1. The summed E-state index contributed by atoms with van der Waals surface area (Å²) in [5, 5.41) is 23.7. The summed E-state index contributed by atoms with van der Waals surface area (Å²) in [5.41, 5.74) is -7.44. The number of carbonyl (C=O) groups excluding carboxylic acids is 4. The average Bonchev–Trinajstić information content (AvgIpc) is 3.17. The molecule has 0 unspecified atom stereocenters. The van der Waals surface area contributed by atoms with E-state index < -0.39 is 87.0 Å². The van der Waals surface area contributed by atoms with Crippen LogP contribution in [0.1, 0.15) is 46.5 Å². The SMILES string of the molecule is C[C@]12C(=O)C=CC=C1[C@@H](O)C[C@@H]1[C@@H]2CC[C@]2(O)C(=O)O[C@@]3(C)[C@H]4C[C@]5(C)[C@@H](CO[C@@]16O[C@@]32[C@H]5C6=O)C(=O)O4. The molecule has 3 aliphatic carbocycles. The zero-order valence-electron chi connectivity index (χ0n) is 21.4. The Morgan fingerprint density at radius 1 is 1.08 bits per heavy atom. The van der Waals surface area contributed by atoms with E-state index in [9.17, 15) is 29.4 Å². The summed E-state index contributed by atoms with van der Waals surface area (Å²) in [4.78, 5) is 55.3. The Morgan fingerprint density at radius 2 is 1.84 bits per heavy atom. The van der Waals surface area contributed by atoms with Gasteiger partial charge in [-0.15, -0.1) is 0 Å². The van der Waals surface area contributed by atoms with Crippen molar-refractivity contribution in [3.05, 3.63) is 23.8 Å². The van der Waals surface area contributed by atoms with Crippen molar-refractivity contribution in [2.24, 2.45) is 34.5 Å². The first-order valence-corrected chi connectivity index (χ1v) is 13.5. The molecule has 38 heavy (non-hydrogen) atoms. The number of allylic oxidation sites excluding steroid dienone is 3. The van der Waals surface area contributed by atoms with E-state index in [1.54, 1.807) is 26.0 Å². The topological polar surface area (TPSA) is 146 Å². The molecule has 2 spiro atoms. The number of aliphatic hydroxyl groups excluding tert-OH is 1. The quantitative estimate of drug-likeness (QED) is 0.429. The first-order chi connectivity index (χ1) is 17.8. The van der Waals surface area contributed by atoms with Gasteiger partial charge in [-0.25, -0.2) is 4.79 Å². The van der Waals surface area contributed by atoms with Gasteiger partial charge in [0.1, 0.15) is 6.10 Å². The maximum Gasteiger partial charge on any atom is 0.342 e. The third kappa shape index (κ3) is 2.00. The standard InChI is InChI=1S/C28H30O10/c1-23-10-18-25(3)28-19(23)20(31)27(38-28,35-11-15(23)21(32)36-18)14-9-16(29)13-5-4-6-17(30)24(13,2)12(14)7-8-26(28,34)22(33)37-25/h4-6,12,14-16,18-19,29,34H,7-11H2,1-3H3/t12-,14+,15-,16-,18+,19-,23+,24+,25-,26-,27+,28-/m0/s1. The lowest BCUT2D eigenvalue weighted by atomic mass is 9.46. The minimum absolute atomic E-state index is 0.0843. The summed E-state index contributed by atoms with van der Waals surface area (Å²) in [6, 6.07) is 0. The zero-order chi connectivity index (χ0) is 26.8. The number of esters is 2. The predicted molar refractivity (Wildman–Crippen MR) is 124 cm³/mol. The highest BCUT2D eigenvalue weighted by atomic mass is 16.8. The molecule has 0 amide bonds. The minimum Gasteiger partial charge on any atom is -0.458 e. The van der Waals surface area contributed by atoms with E-state index in [1.165, 1.54) is 6.08 Å². The van der Waals surface area contributed by atoms with E-state index in [4.69, 9.17) is 18.9 Å². The van der Waals surface area contributed by atoms with Gasteiger partial charge in [-0.2, -0.15) is 0 Å². The molecule has 5 bridgehead atoms. The first kappa shape index (κ1) is 23.5. The summed E-state index contributed by atoms with van der Waals surface area (Å²) in [5.74, 6) is -7.45. The second-order valence-electron chi connectivity index (χ2n) is 13.2. The number of ether oxygens (including phenoxy) is 4. The summed E-state index contributed by atoms with van der Waals surface area (Å²) in [6.07, 6.45) is 3.22. The molecular formula is C28H30O10. The van der Waals surface area contributed by atoms with Crippen LogP contribution < -0.4 is 0 Å². The van der Waals surface area contributed by atoms with Gasteiger partial charge in [-0.05, 0) is 62.5 Å². The predicted octanol–water partition coefficient (Wildman–Crippen LogP) is 0.528. The van der Waals surface area contributed by atoms with E-state index >= 15 is 0 Å². The Morgan fingerprint density at radius 3 is 2.61 bits per heavy atom. The van der Waals surface area contributed by atoms with Crippen LogP contribution in [0.5, 0.6) is 0 Å². The van der Waals surface area contributed by atoms with Crippen LogP contribution in [-0.4, -0.2) is 75.1 Å². The highest BCUT2D eigenvalue weighted by Gasteiger charge is 2.93. The van der Waals surface area contributed by atoms with Crippen molar-refractivity contribution in [1.82, 2.24) is 0 Å². The molecule has 5 heterocycles. The Labute approximate surface area is 218 Å². The van der Waals surface area contributed by atoms with Gasteiger partial charge in [0.25, 0.3) is 0 Å². The van der Waals surface area contributed by atoms with E-state index in [-0.39, 0.29) is 38.1 Å². The molecule has 12 atom stereocenters. The van der Waals surface area contributed by atoms with Crippen molar-refractivity contribution in [2.45, 2.75) is 81.3 Å². The molecule has 202 valence electrons. The van der Waals surface area contributed by atoms with Gasteiger partial charge in [-0.3, -0.25) is 14.4 Å². The minimum atomic E-state index is -2.24. The summed E-state index contributed by atoms with van der Waals surface area (Å²) in [6.45, 7) is 4.98. The molecule has 5 aliphatic heterocycles. The highest BCUT2D eigenvalue weighted by molar-refractivity contribution is 6.01. The van der Waals surface area contributed by atoms with Crippen molar-refractivity contribution < 1.29 is 48.3 Å². The van der Waals surface area contributed by atoms with Crippen LogP contribution in [0.15, 0.2) is 23.8 Å². The average molecular weight is 527 g/mol. The summed E-state index contributed by atoms with van der Waals surface area (Å²) >= 11 is 0. The lowest BCUT2D eigenvalue weighted by Crippen LogP contribution is -2.79. The molecular weight excluding hydrogens is 496 g/mol. The Kier molecular flexibility index (Phi) is 3.91. The molecule has 7 fully saturated rings. The van der Waals surface area contributed by atoms with Crippen LogP contribution in [0.2, 0.25) is 0 Å². The number of rotatable bonds is 0. The van der Waals surface area contributed by atoms with Crippen molar-refractivity contribution in [3.63, 3.8) is 0 Å². The largest absolute Gasteiger partial charge is 0.458 e. The molecule has 8 rings (SSSR count). The van der Waals surface area contributed by atoms with Gasteiger partial charge < -0.3 is 29.2 Å². The number of fused-ring (bicyclic) bond motifs is 5. The van der Waals surface area contributed by atoms with Gasteiger partial charge in [0.15, 0.2) is 28.4 Å². The van der Waals surface area contributed by atoms with Crippen LogP contribution in [0.4, 0.5) is 0 Å². The first-order valence-electron chi connectivity index (χ1n) is 13.5. The normalized spacial score (nSPS) is 59.2. The van der Waals surface area contributed by atoms with Gasteiger partial charge in [0.2, 0.25) is 5.79 Å². The fraction of sp³-hybridized carbons (Fsp3) is 0.714. The number of hydrogen-bond donors (Lipinski definition) is 2. The maximum atomic E-state index is 14.9. The number of aliphatic hydroxyl groups is 2. The Balaban J connectivity index is 1.43. The zero-order valence-corrected chi connectivity index (χ0v) is 21.4. The molecule has 10 nitrogen and oxygen atoms in total. The molecule has 0 aromatic rings. The van der Waals surface area contributed by atoms with E-state index in [2.05, 4.69) is 0 Å². The van der Waals surface area contributed by atoms with Crippen molar-refractivity contribution in [2.75, 3.05) is 6.61 Å². The molecule has 0 aromatic carbocycles. The molecule has 2 N–H and O–H groups in total. The van der Waals surface area contributed by atoms with Gasteiger partial charge >= 0.3 is 11.9 Å². The third-order valence-electron chi connectivity index (χ3n) is 12.0. The van der Waals surface area contributed by atoms with Gasteiger partial charge in [-0.1, -0.05) is 19.1 Å². The number of hydrogen-bond acceptors (Lipinski definition) is 10. The van der Waals surface area contributed by atoms with Gasteiger partial charge in [0.05, 0.1) is 30.0 Å². The molecule has 0 radical (unpaired) electrons. The van der Waals surface area contributed by atoms with E-state index in [0.717, 1.165) is 0 Å². The van der Waals surface area contributed by atoms with Crippen LogP contribution in [0, 0.1) is 34.5 Å². The third-order valence-corrected chi connectivity index (χ3v) is 12.0. The molecule has 8 aliphatic rings. The highest BCUT2D eigenvalue weighted by Crippen LogP contribution is 2.75. The lowest BCUT2D eigenvalue weighted by Gasteiger charge is -2.63. The summed E-state index contributed by atoms with van der Waals surface area (Å²) < 4.78 is 25.0. The van der Waals surface area contributed by atoms with E-state index in [1.807, 2.05) is 6.92 Å². The smallest absolute Gasteiger partial charge is 0.342 e.